The summed E-state index contributed by atoms with van der Waals surface area (Å²) in [7, 11) is -3.52. The van der Waals surface area contributed by atoms with Crippen LogP contribution in [0.25, 0.3) is 0 Å². The van der Waals surface area contributed by atoms with E-state index in [2.05, 4.69) is 5.32 Å². The molecule has 2 aliphatic rings. The van der Waals surface area contributed by atoms with Gasteiger partial charge in [-0.05, 0) is 66.9 Å². The number of fused-ring (bicyclic) bond motifs is 1. The van der Waals surface area contributed by atoms with Crippen LogP contribution in [-0.2, 0) is 22.9 Å². The van der Waals surface area contributed by atoms with Crippen LogP contribution in [0.1, 0.15) is 17.5 Å². The summed E-state index contributed by atoms with van der Waals surface area (Å²) in [5.41, 5.74) is 2.73. The lowest BCUT2D eigenvalue weighted by molar-refractivity contribution is 0.268. The van der Waals surface area contributed by atoms with Crippen LogP contribution in [0, 0.1) is 5.82 Å². The van der Waals surface area contributed by atoms with E-state index in [1.165, 1.54) is 15.9 Å². The van der Waals surface area contributed by atoms with Crippen LogP contribution in [0.15, 0.2) is 47.4 Å². The van der Waals surface area contributed by atoms with Gasteiger partial charge in [0.05, 0.1) is 10.6 Å². The Morgan fingerprint density at radius 2 is 1.71 bits per heavy atom. The molecule has 0 amide bonds. The van der Waals surface area contributed by atoms with Crippen LogP contribution in [-0.4, -0.2) is 48.9 Å². The van der Waals surface area contributed by atoms with Crippen molar-refractivity contribution in [2.75, 3.05) is 31.5 Å². The second kappa shape index (κ2) is 7.77. The number of piperazine rings is 1. The number of hydrogen-bond donors (Lipinski definition) is 1. The van der Waals surface area contributed by atoms with Crippen LogP contribution in [0.3, 0.4) is 0 Å². The average molecular weight is 420 g/mol. The highest BCUT2D eigenvalue weighted by molar-refractivity contribution is 7.89. The quantitative estimate of drug-likeness (QED) is 0.775. The molecule has 1 aliphatic heterocycles. The highest BCUT2D eigenvalue weighted by Gasteiger charge is 2.30. The first-order valence-electron chi connectivity index (χ1n) is 9.37. The fourth-order valence-corrected chi connectivity index (χ4v) is 5.51. The lowest BCUT2D eigenvalue weighted by Gasteiger charge is -2.35. The van der Waals surface area contributed by atoms with E-state index in [0.29, 0.717) is 41.9 Å². The summed E-state index contributed by atoms with van der Waals surface area (Å²) < 4.78 is 41.3. The van der Waals surface area contributed by atoms with Crippen molar-refractivity contribution in [3.05, 3.63) is 59.4 Å². The Morgan fingerprint density at radius 1 is 1.00 bits per heavy atom. The zero-order valence-corrected chi connectivity index (χ0v) is 17.0. The molecule has 4 rings (SSSR count). The number of para-hydroxylation sites is 1. The molecule has 0 radical (unpaired) electrons. The summed E-state index contributed by atoms with van der Waals surface area (Å²) in [6.07, 6.45) is 3.06. The van der Waals surface area contributed by atoms with E-state index in [4.69, 9.17) is 12.2 Å². The minimum absolute atomic E-state index is 0.320. The first kappa shape index (κ1) is 19.3. The van der Waals surface area contributed by atoms with Gasteiger partial charge in [-0.3, -0.25) is 0 Å². The maximum atomic E-state index is 13.8. The number of thiocarbonyl (C=S) groups is 1. The van der Waals surface area contributed by atoms with E-state index >= 15 is 0 Å². The van der Waals surface area contributed by atoms with Gasteiger partial charge in [-0.1, -0.05) is 18.2 Å². The molecule has 1 heterocycles. The molecule has 0 atom stereocenters. The molecule has 2 aromatic carbocycles. The number of aryl methyl sites for hydroxylation is 2. The third-order valence-electron chi connectivity index (χ3n) is 5.35. The van der Waals surface area contributed by atoms with E-state index in [9.17, 15) is 12.8 Å². The van der Waals surface area contributed by atoms with Gasteiger partial charge >= 0.3 is 0 Å². The molecule has 8 heteroatoms. The van der Waals surface area contributed by atoms with Gasteiger partial charge in [0.2, 0.25) is 10.0 Å². The maximum absolute atomic E-state index is 13.8. The zero-order chi connectivity index (χ0) is 19.7. The molecular formula is C20H22FN3O2S2. The number of rotatable bonds is 3. The Bertz CT molecular complexity index is 1000. The van der Waals surface area contributed by atoms with Gasteiger partial charge in [-0.15, -0.1) is 0 Å². The van der Waals surface area contributed by atoms with Crippen molar-refractivity contribution in [2.45, 2.75) is 24.2 Å². The molecule has 0 saturated carbocycles. The Labute approximate surface area is 170 Å². The Hall–Kier alpha value is -2.03. The second-order valence-corrected chi connectivity index (χ2v) is 9.41. The van der Waals surface area contributed by atoms with Crippen LogP contribution >= 0.6 is 12.2 Å². The van der Waals surface area contributed by atoms with E-state index in [1.807, 2.05) is 17.0 Å². The summed E-state index contributed by atoms with van der Waals surface area (Å²) in [5.74, 6) is -0.373. The molecule has 1 fully saturated rings. The molecule has 0 unspecified atom stereocenters. The minimum Gasteiger partial charge on any atom is -0.346 e. The number of nitrogens with zero attached hydrogens (tertiary/aromatic N) is 2. The molecule has 0 bridgehead atoms. The highest BCUT2D eigenvalue weighted by Crippen LogP contribution is 2.27. The largest absolute Gasteiger partial charge is 0.346 e. The fourth-order valence-electron chi connectivity index (χ4n) is 3.75. The Morgan fingerprint density at radius 3 is 2.46 bits per heavy atom. The van der Waals surface area contributed by atoms with Crippen LogP contribution in [0.2, 0.25) is 0 Å². The number of benzene rings is 2. The minimum atomic E-state index is -3.52. The lowest BCUT2D eigenvalue weighted by atomic mass is 10.1. The third-order valence-corrected chi connectivity index (χ3v) is 7.60. The van der Waals surface area contributed by atoms with Gasteiger partial charge in [0, 0.05) is 26.2 Å². The van der Waals surface area contributed by atoms with E-state index in [0.717, 1.165) is 24.8 Å². The predicted octanol–water partition coefficient (Wildman–Crippen LogP) is 3.02. The molecule has 148 valence electrons. The highest BCUT2D eigenvalue weighted by atomic mass is 32.2. The van der Waals surface area contributed by atoms with Crippen LogP contribution in [0.5, 0.6) is 0 Å². The number of nitrogens with one attached hydrogen (secondary N) is 1. The molecule has 1 aliphatic carbocycles. The number of halogens is 1. The third kappa shape index (κ3) is 3.76. The maximum Gasteiger partial charge on any atom is 0.243 e. The smallest absolute Gasteiger partial charge is 0.243 e. The van der Waals surface area contributed by atoms with Crippen LogP contribution in [0.4, 0.5) is 10.1 Å². The molecular weight excluding hydrogens is 397 g/mol. The topological polar surface area (TPSA) is 52.7 Å². The standard InChI is InChI=1S/C20H22FN3O2S2/c21-18-6-1-2-7-19(18)22-20(27)23-10-12-24(13-11-23)28(25,26)17-9-8-15-4-3-5-16(15)14-17/h1-2,6-9,14H,3-5,10-13H2,(H,22,27). The van der Waals surface area contributed by atoms with Crippen molar-refractivity contribution in [3.63, 3.8) is 0 Å². The summed E-state index contributed by atoms with van der Waals surface area (Å²) in [6.45, 7) is 1.62. The molecule has 0 spiro atoms. The van der Waals surface area contributed by atoms with E-state index in [1.54, 1.807) is 24.3 Å². The molecule has 1 saturated heterocycles. The number of hydrogen-bond acceptors (Lipinski definition) is 3. The molecule has 2 aromatic rings. The van der Waals surface area contributed by atoms with Crippen molar-refractivity contribution in [3.8, 4) is 0 Å². The normalized spacial score (nSPS) is 17.4. The van der Waals surface area contributed by atoms with Gasteiger partial charge in [-0.2, -0.15) is 4.31 Å². The zero-order valence-electron chi connectivity index (χ0n) is 15.4. The van der Waals surface area contributed by atoms with E-state index in [-0.39, 0.29) is 5.82 Å². The van der Waals surface area contributed by atoms with Crippen molar-refractivity contribution in [1.29, 1.82) is 0 Å². The molecule has 28 heavy (non-hydrogen) atoms. The fraction of sp³-hybridized carbons (Fsp3) is 0.350. The molecule has 0 aromatic heterocycles. The Kier molecular flexibility index (Phi) is 5.35. The first-order chi connectivity index (χ1) is 13.4. The van der Waals surface area contributed by atoms with Gasteiger partial charge in [0.25, 0.3) is 0 Å². The van der Waals surface area contributed by atoms with E-state index < -0.39 is 10.0 Å². The van der Waals surface area contributed by atoms with Gasteiger partial charge < -0.3 is 10.2 Å². The summed E-state index contributed by atoms with van der Waals surface area (Å²) in [5, 5.41) is 3.31. The van der Waals surface area contributed by atoms with Crippen molar-refractivity contribution in [2.24, 2.45) is 0 Å². The summed E-state index contributed by atoms with van der Waals surface area (Å²) >= 11 is 5.38. The van der Waals surface area contributed by atoms with Crippen molar-refractivity contribution >= 4 is 33.0 Å². The number of anilines is 1. The summed E-state index contributed by atoms with van der Waals surface area (Å²) in [4.78, 5) is 2.24. The van der Waals surface area contributed by atoms with Crippen molar-refractivity contribution < 1.29 is 12.8 Å². The predicted molar refractivity (Wildman–Crippen MR) is 111 cm³/mol. The van der Waals surface area contributed by atoms with Crippen molar-refractivity contribution in [1.82, 2.24) is 9.21 Å². The summed E-state index contributed by atoms with van der Waals surface area (Å²) in [6, 6.07) is 11.8. The van der Waals surface area contributed by atoms with Gasteiger partial charge in [0.1, 0.15) is 5.82 Å². The first-order valence-corrected chi connectivity index (χ1v) is 11.2. The van der Waals surface area contributed by atoms with Gasteiger partial charge in [-0.25, -0.2) is 12.8 Å². The molecule has 5 nitrogen and oxygen atoms in total. The van der Waals surface area contributed by atoms with Gasteiger partial charge in [0.15, 0.2) is 5.11 Å². The lowest BCUT2D eigenvalue weighted by Crippen LogP contribution is -2.51. The van der Waals surface area contributed by atoms with Crippen LogP contribution < -0.4 is 5.32 Å². The molecule has 1 N–H and O–H groups in total. The Balaban J connectivity index is 1.41. The SMILES string of the molecule is O=S(=O)(c1ccc2c(c1)CCC2)N1CCN(C(=S)Nc2ccccc2F)CC1. The second-order valence-electron chi connectivity index (χ2n) is 7.09. The number of sulfonamides is 1. The monoisotopic (exact) mass is 419 g/mol. The average Bonchev–Trinajstić information content (AvgIpc) is 3.17.